The van der Waals surface area contributed by atoms with Gasteiger partial charge in [-0.25, -0.2) is 0 Å². The smallest absolute Gasteiger partial charge is 0.293 e. The Hall–Kier alpha value is -4.56. The molecule has 0 unspecified atom stereocenters. The number of nitrogens with zero attached hydrogens (tertiary/aromatic N) is 1. The van der Waals surface area contributed by atoms with Gasteiger partial charge in [0, 0.05) is 5.69 Å². The minimum atomic E-state index is -0.339. The summed E-state index contributed by atoms with van der Waals surface area (Å²) >= 11 is 0.915. The van der Waals surface area contributed by atoms with Gasteiger partial charge in [-0.2, -0.15) is 0 Å². The maximum atomic E-state index is 13.2. The van der Waals surface area contributed by atoms with Gasteiger partial charge >= 0.3 is 0 Å². The molecule has 1 N–H and O–H groups in total. The van der Waals surface area contributed by atoms with E-state index in [1.54, 1.807) is 24.3 Å². The fraction of sp³-hybridized carbons (Fsp3) is 0.182. The number of rotatable bonds is 9. The van der Waals surface area contributed by atoms with Crippen LogP contribution in [0.15, 0.2) is 83.8 Å². The van der Waals surface area contributed by atoms with Crippen molar-refractivity contribution in [1.82, 2.24) is 4.90 Å². The van der Waals surface area contributed by atoms with Gasteiger partial charge in [-0.1, -0.05) is 54.6 Å². The average Bonchev–Trinajstić information content (AvgIpc) is 3.22. The van der Waals surface area contributed by atoms with Crippen molar-refractivity contribution in [3.8, 4) is 11.5 Å². The molecule has 7 nitrogen and oxygen atoms in total. The predicted molar refractivity (Wildman–Crippen MR) is 163 cm³/mol. The van der Waals surface area contributed by atoms with Crippen LogP contribution in [-0.2, 0) is 16.1 Å². The number of amides is 3. The molecule has 0 atom stereocenters. The molecule has 0 aromatic heterocycles. The lowest BCUT2D eigenvalue weighted by molar-refractivity contribution is -0.123. The number of imide groups is 1. The highest BCUT2D eigenvalue weighted by molar-refractivity contribution is 8.18. The lowest BCUT2D eigenvalue weighted by atomic mass is 10.0. The number of carbonyl (C=O) groups excluding carboxylic acids is 3. The van der Waals surface area contributed by atoms with E-state index in [0.29, 0.717) is 34.3 Å². The summed E-state index contributed by atoms with van der Waals surface area (Å²) in [5, 5.41) is 4.60. The van der Waals surface area contributed by atoms with Crippen molar-refractivity contribution >= 4 is 51.4 Å². The van der Waals surface area contributed by atoms with Crippen LogP contribution < -0.4 is 14.8 Å². The second-order valence-corrected chi connectivity index (χ2v) is 10.7. The highest BCUT2D eigenvalue weighted by Gasteiger charge is 2.35. The first-order valence-corrected chi connectivity index (χ1v) is 14.1. The van der Waals surface area contributed by atoms with Gasteiger partial charge in [0.25, 0.3) is 17.1 Å². The molecule has 1 heterocycles. The van der Waals surface area contributed by atoms with Gasteiger partial charge in [-0.05, 0) is 95.9 Å². The molecule has 3 amide bonds. The van der Waals surface area contributed by atoms with Crippen LogP contribution in [0.5, 0.6) is 11.5 Å². The highest BCUT2D eigenvalue weighted by atomic mass is 32.2. The van der Waals surface area contributed by atoms with E-state index in [1.807, 2.05) is 81.4 Å². The minimum absolute atomic E-state index is 0.195. The lowest BCUT2D eigenvalue weighted by Crippen LogP contribution is -2.27. The van der Waals surface area contributed by atoms with E-state index in [9.17, 15) is 14.4 Å². The Morgan fingerprint density at radius 1 is 0.902 bits per heavy atom. The van der Waals surface area contributed by atoms with Crippen LogP contribution in [0, 0.1) is 13.8 Å². The zero-order chi connectivity index (χ0) is 28.9. The zero-order valence-electron chi connectivity index (χ0n) is 23.1. The van der Waals surface area contributed by atoms with E-state index >= 15 is 0 Å². The lowest BCUT2D eigenvalue weighted by Gasteiger charge is -2.14. The molecule has 208 valence electrons. The number of thioether (sulfide) groups is 1. The van der Waals surface area contributed by atoms with Crippen LogP contribution >= 0.6 is 11.8 Å². The number of anilines is 1. The third kappa shape index (κ3) is 6.44. The van der Waals surface area contributed by atoms with E-state index < -0.39 is 0 Å². The van der Waals surface area contributed by atoms with Gasteiger partial charge < -0.3 is 14.8 Å². The number of ether oxygens (including phenoxy) is 2. The number of aryl methyl sites for hydroxylation is 2. The van der Waals surface area contributed by atoms with Crippen molar-refractivity contribution in [2.75, 3.05) is 18.5 Å². The van der Waals surface area contributed by atoms with Gasteiger partial charge in [0.2, 0.25) is 0 Å². The summed E-state index contributed by atoms with van der Waals surface area (Å²) in [5.41, 5.74) is 4.53. The second-order valence-electron chi connectivity index (χ2n) is 9.68. The van der Waals surface area contributed by atoms with Gasteiger partial charge in [0.1, 0.15) is 0 Å². The van der Waals surface area contributed by atoms with Crippen molar-refractivity contribution in [3.63, 3.8) is 0 Å². The van der Waals surface area contributed by atoms with Gasteiger partial charge in [-0.3, -0.25) is 19.3 Å². The van der Waals surface area contributed by atoms with Crippen LogP contribution in [-0.4, -0.2) is 35.2 Å². The first kappa shape index (κ1) is 28.0. The Morgan fingerprint density at radius 3 is 2.51 bits per heavy atom. The highest BCUT2D eigenvalue weighted by Crippen LogP contribution is 2.36. The van der Waals surface area contributed by atoms with E-state index in [2.05, 4.69) is 5.32 Å². The molecule has 4 aromatic rings. The Kier molecular flexibility index (Phi) is 8.40. The van der Waals surface area contributed by atoms with Crippen LogP contribution in [0.1, 0.15) is 29.2 Å². The molecule has 1 aliphatic heterocycles. The standard InChI is InChI=1S/C33H30N2O5S/c1-4-39-29-17-23(13-15-28(29)40-20-31(36)34-26-14-12-21(2)22(3)16-26)18-30-32(37)35(33(38)41-30)19-25-10-7-9-24-8-5-6-11-27(24)25/h5-18H,4,19-20H2,1-3H3,(H,34,36)/b30-18-. The van der Waals surface area contributed by atoms with E-state index in [0.717, 1.165) is 39.2 Å². The molecule has 1 fully saturated rings. The van der Waals surface area contributed by atoms with Crippen LogP contribution in [0.4, 0.5) is 10.5 Å². The van der Waals surface area contributed by atoms with Crippen molar-refractivity contribution < 1.29 is 23.9 Å². The summed E-state index contributed by atoms with van der Waals surface area (Å²) < 4.78 is 11.5. The summed E-state index contributed by atoms with van der Waals surface area (Å²) in [4.78, 5) is 40.1. The molecular weight excluding hydrogens is 536 g/mol. The summed E-state index contributed by atoms with van der Waals surface area (Å²) in [7, 11) is 0. The molecule has 0 saturated carbocycles. The van der Waals surface area contributed by atoms with Crippen molar-refractivity contribution in [1.29, 1.82) is 0 Å². The molecule has 1 saturated heterocycles. The molecule has 0 spiro atoms. The number of nitrogens with one attached hydrogen (secondary N) is 1. The fourth-order valence-corrected chi connectivity index (χ4v) is 5.39. The van der Waals surface area contributed by atoms with Crippen molar-refractivity contribution in [2.45, 2.75) is 27.3 Å². The predicted octanol–water partition coefficient (Wildman–Crippen LogP) is 7.11. The summed E-state index contributed by atoms with van der Waals surface area (Å²) in [6, 6.07) is 24.7. The number of carbonyl (C=O) groups is 3. The van der Waals surface area contributed by atoms with Gasteiger partial charge in [0.05, 0.1) is 18.1 Å². The van der Waals surface area contributed by atoms with E-state index in [4.69, 9.17) is 9.47 Å². The Labute approximate surface area is 243 Å². The first-order valence-electron chi connectivity index (χ1n) is 13.3. The largest absolute Gasteiger partial charge is 0.490 e. The topological polar surface area (TPSA) is 84.9 Å². The monoisotopic (exact) mass is 566 g/mol. The zero-order valence-corrected chi connectivity index (χ0v) is 23.9. The van der Waals surface area contributed by atoms with Crippen LogP contribution in [0.2, 0.25) is 0 Å². The normalized spacial score (nSPS) is 14.1. The summed E-state index contributed by atoms with van der Waals surface area (Å²) in [6.45, 7) is 6.24. The Balaban J connectivity index is 1.28. The number of hydrogen-bond donors (Lipinski definition) is 1. The molecule has 1 aliphatic rings. The molecule has 0 bridgehead atoms. The maximum Gasteiger partial charge on any atom is 0.293 e. The molecule has 4 aromatic carbocycles. The molecule has 41 heavy (non-hydrogen) atoms. The van der Waals surface area contributed by atoms with Crippen molar-refractivity contribution in [3.05, 3.63) is 106 Å². The van der Waals surface area contributed by atoms with Gasteiger partial charge in [0.15, 0.2) is 18.1 Å². The summed E-state index contributed by atoms with van der Waals surface area (Å²) in [5.74, 6) is 0.215. The second kappa shape index (κ2) is 12.3. The number of fused-ring (bicyclic) bond motifs is 1. The first-order chi connectivity index (χ1) is 19.8. The third-order valence-electron chi connectivity index (χ3n) is 6.80. The van der Waals surface area contributed by atoms with Crippen molar-refractivity contribution in [2.24, 2.45) is 0 Å². The SMILES string of the molecule is CCOc1cc(/C=C2\SC(=O)N(Cc3cccc4ccccc34)C2=O)ccc1OCC(=O)Nc1ccc(C)c(C)c1. The quantitative estimate of drug-likeness (QED) is 0.217. The Bertz CT molecular complexity index is 1670. The van der Waals surface area contributed by atoms with Crippen LogP contribution in [0.3, 0.4) is 0 Å². The minimum Gasteiger partial charge on any atom is -0.490 e. The average molecular weight is 567 g/mol. The molecule has 0 aliphatic carbocycles. The van der Waals surface area contributed by atoms with Crippen LogP contribution in [0.25, 0.3) is 16.8 Å². The molecule has 5 rings (SSSR count). The van der Waals surface area contributed by atoms with E-state index in [1.165, 1.54) is 4.90 Å². The maximum absolute atomic E-state index is 13.2. The molecular formula is C33H30N2O5S. The van der Waals surface area contributed by atoms with E-state index in [-0.39, 0.29) is 30.2 Å². The molecule has 8 heteroatoms. The third-order valence-corrected chi connectivity index (χ3v) is 7.70. The fourth-order valence-electron chi connectivity index (χ4n) is 4.55. The summed E-state index contributed by atoms with van der Waals surface area (Å²) in [6.07, 6.45) is 1.67. The number of hydrogen-bond acceptors (Lipinski definition) is 6. The van der Waals surface area contributed by atoms with Gasteiger partial charge in [-0.15, -0.1) is 0 Å². The molecule has 0 radical (unpaired) electrons. The Morgan fingerprint density at radius 2 is 1.71 bits per heavy atom. The number of benzene rings is 4.